The minimum atomic E-state index is 1.46. The van der Waals surface area contributed by atoms with Crippen LogP contribution in [-0.4, -0.2) is 0 Å². The molecule has 0 bridgehead atoms. The van der Waals surface area contributed by atoms with Gasteiger partial charge in [-0.05, 0) is 0 Å². The Morgan fingerprint density at radius 3 is 2.00 bits per heavy atom. The van der Waals surface area contributed by atoms with Crippen LogP contribution in [0.4, 0.5) is 0 Å². The summed E-state index contributed by atoms with van der Waals surface area (Å²) in [6.07, 6.45) is 4.42. The van der Waals surface area contributed by atoms with Gasteiger partial charge < -0.3 is 0 Å². The van der Waals surface area contributed by atoms with Crippen molar-refractivity contribution < 1.29 is 0 Å². The molecule has 0 heterocycles. The fourth-order valence-electron chi connectivity index (χ4n) is 0. The summed E-state index contributed by atoms with van der Waals surface area (Å²) in [6, 6.07) is 1.46. The molecular formula is C3HN. The van der Waals surface area contributed by atoms with E-state index in [-0.39, 0.29) is 0 Å². The number of rotatable bonds is 0. The molecule has 0 aliphatic rings. The van der Waals surface area contributed by atoms with E-state index in [0.29, 0.717) is 0 Å². The molecule has 18 valence electrons. The van der Waals surface area contributed by atoms with Gasteiger partial charge in [-0.15, -0.1) is 6.42 Å². The summed E-state index contributed by atoms with van der Waals surface area (Å²) < 4.78 is 0. The summed E-state index contributed by atoms with van der Waals surface area (Å²) in [4.78, 5) is 0. The standard InChI is InChI=1S/C3HN/c1-2-3-4/h1H/i2+1,3+1. The summed E-state index contributed by atoms with van der Waals surface area (Å²) >= 11 is 0. The maximum Gasteiger partial charge on any atom is 0.152 e. The Balaban J connectivity index is 3.14. The molecule has 0 saturated carbocycles. The largest absolute Gasteiger partial charge is 0.183 e. The van der Waals surface area contributed by atoms with E-state index >= 15 is 0 Å². The minimum absolute atomic E-state index is 1.46. The van der Waals surface area contributed by atoms with Crippen LogP contribution in [0.2, 0.25) is 0 Å². The molecule has 0 amide bonds. The Hall–Kier alpha value is -0.950. The molecule has 0 radical (unpaired) electrons. The van der Waals surface area contributed by atoms with Gasteiger partial charge in [0.1, 0.15) is 0 Å². The van der Waals surface area contributed by atoms with Crippen molar-refractivity contribution in [2.75, 3.05) is 0 Å². The molecule has 0 spiro atoms. The first-order valence-corrected chi connectivity index (χ1v) is 0.762. The zero-order valence-electron chi connectivity index (χ0n) is 2.02. The minimum Gasteiger partial charge on any atom is -0.183 e. The van der Waals surface area contributed by atoms with Crippen molar-refractivity contribution in [3.8, 4) is 18.4 Å². The summed E-state index contributed by atoms with van der Waals surface area (Å²) in [7, 11) is 0. The van der Waals surface area contributed by atoms with Gasteiger partial charge >= 0.3 is 0 Å². The van der Waals surface area contributed by atoms with Gasteiger partial charge in [-0.25, -0.2) is 0 Å². The second-order valence-electron chi connectivity index (χ2n) is 0.256. The van der Waals surface area contributed by atoms with Gasteiger partial charge in [-0.3, -0.25) is 0 Å². The van der Waals surface area contributed by atoms with Gasteiger partial charge in [0, 0.05) is 5.92 Å². The van der Waals surface area contributed by atoms with Gasteiger partial charge in [0.2, 0.25) is 0 Å². The van der Waals surface area contributed by atoms with Crippen molar-refractivity contribution in [2.45, 2.75) is 0 Å². The van der Waals surface area contributed by atoms with Gasteiger partial charge in [-0.2, -0.15) is 5.26 Å². The van der Waals surface area contributed by atoms with Crippen LogP contribution in [0, 0.1) is 23.7 Å². The SMILES string of the molecule is C#[13C][13C]#N. The van der Waals surface area contributed by atoms with E-state index in [0.717, 1.165) is 0 Å². The van der Waals surface area contributed by atoms with Crippen molar-refractivity contribution in [1.82, 2.24) is 0 Å². The average Bonchev–Trinajstić information content (AvgIpc) is 1.37. The Morgan fingerprint density at radius 1 is 1.75 bits per heavy atom. The Morgan fingerprint density at radius 2 is 2.00 bits per heavy atom. The van der Waals surface area contributed by atoms with Crippen molar-refractivity contribution in [2.24, 2.45) is 0 Å². The predicted molar refractivity (Wildman–Crippen MR) is 14.4 cm³/mol. The van der Waals surface area contributed by atoms with E-state index in [1.54, 1.807) is 5.92 Å². The van der Waals surface area contributed by atoms with E-state index in [1.807, 2.05) is 0 Å². The lowest BCUT2D eigenvalue weighted by Crippen LogP contribution is -1.26. The van der Waals surface area contributed by atoms with Crippen LogP contribution in [0.15, 0.2) is 0 Å². The fourth-order valence-corrected chi connectivity index (χ4v) is 0. The third-order valence-corrected chi connectivity index (χ3v) is 0.0645. The first-order valence-electron chi connectivity index (χ1n) is 0.762. The van der Waals surface area contributed by atoms with Gasteiger partial charge in [0.15, 0.2) is 6.07 Å². The molecular weight excluding hydrogens is 52.0 g/mol. The molecule has 0 aliphatic heterocycles. The van der Waals surface area contributed by atoms with Crippen LogP contribution in [0.1, 0.15) is 0 Å². The Labute approximate surface area is 24.9 Å². The lowest BCUT2D eigenvalue weighted by molar-refractivity contribution is 1.55. The zero-order valence-corrected chi connectivity index (χ0v) is 2.02. The topological polar surface area (TPSA) is 23.8 Å². The first kappa shape index (κ1) is 3.05. The number of nitrogens with zero attached hydrogens (tertiary/aromatic N) is 1. The van der Waals surface area contributed by atoms with E-state index in [2.05, 4.69) is 6.42 Å². The van der Waals surface area contributed by atoms with Crippen LogP contribution in [-0.2, 0) is 0 Å². The van der Waals surface area contributed by atoms with Crippen LogP contribution in [0.5, 0.6) is 0 Å². The fraction of sp³-hybridized carbons (Fsp3) is 0. The van der Waals surface area contributed by atoms with Crippen molar-refractivity contribution in [3.05, 3.63) is 0 Å². The smallest absolute Gasteiger partial charge is 0.152 e. The average molecular weight is 53.0 g/mol. The monoisotopic (exact) mass is 53.0 g/mol. The number of nitriles is 1. The molecule has 0 rings (SSSR count). The summed E-state index contributed by atoms with van der Waals surface area (Å²) in [5.74, 6) is 1.74. The normalized spacial score (nSPS) is 2.50. The summed E-state index contributed by atoms with van der Waals surface area (Å²) in [6.45, 7) is 0. The highest BCUT2D eigenvalue weighted by Crippen LogP contribution is 1.27. The number of terminal acetylenes is 1. The third kappa shape index (κ3) is 1.05. The van der Waals surface area contributed by atoms with Crippen molar-refractivity contribution >= 4 is 0 Å². The van der Waals surface area contributed by atoms with E-state index in [4.69, 9.17) is 5.26 Å². The van der Waals surface area contributed by atoms with Gasteiger partial charge in [0.25, 0.3) is 0 Å². The van der Waals surface area contributed by atoms with Crippen molar-refractivity contribution in [3.63, 3.8) is 0 Å². The number of hydrogen-bond acceptors (Lipinski definition) is 1. The molecule has 0 aromatic heterocycles. The third-order valence-electron chi connectivity index (χ3n) is 0.0645. The van der Waals surface area contributed by atoms with Crippen LogP contribution >= 0.6 is 0 Å². The van der Waals surface area contributed by atoms with Crippen molar-refractivity contribution in [1.29, 1.82) is 5.26 Å². The lowest BCUT2D eigenvalue weighted by atomic mass is 11.5. The molecule has 0 aliphatic carbocycles. The maximum atomic E-state index is 7.39. The van der Waals surface area contributed by atoms with E-state index in [9.17, 15) is 0 Å². The molecule has 0 aromatic carbocycles. The van der Waals surface area contributed by atoms with E-state index < -0.39 is 0 Å². The summed E-state index contributed by atoms with van der Waals surface area (Å²) in [5, 5.41) is 7.39. The molecule has 0 unspecified atom stereocenters. The van der Waals surface area contributed by atoms with Gasteiger partial charge in [0.05, 0.1) is 0 Å². The van der Waals surface area contributed by atoms with E-state index in [1.165, 1.54) is 6.07 Å². The Kier molecular flexibility index (Phi) is 1.56. The molecule has 0 aromatic rings. The predicted octanol–water partition coefficient (Wildman–Crippen LogP) is 0.143. The van der Waals surface area contributed by atoms with Crippen LogP contribution < -0.4 is 0 Å². The second kappa shape index (κ2) is 2.05. The highest BCUT2D eigenvalue weighted by Gasteiger charge is 1.31. The highest BCUT2D eigenvalue weighted by molar-refractivity contribution is 5.08. The molecule has 0 N–H and O–H groups in total. The molecule has 1 nitrogen and oxygen atoms in total. The lowest BCUT2D eigenvalue weighted by Gasteiger charge is -1.23. The molecule has 0 fully saturated rings. The molecule has 0 atom stereocenters. The first-order chi connectivity index (χ1) is 1.91. The second-order valence-corrected chi connectivity index (χ2v) is 0.256. The highest BCUT2D eigenvalue weighted by atomic mass is 14.5. The van der Waals surface area contributed by atoms with Crippen LogP contribution in [0.25, 0.3) is 0 Å². The maximum absolute atomic E-state index is 7.39. The zero-order chi connectivity index (χ0) is 3.41. The molecule has 1 heteroatoms. The van der Waals surface area contributed by atoms with Crippen LogP contribution in [0.3, 0.4) is 0 Å². The molecule has 0 saturated heterocycles. The quantitative estimate of drug-likeness (QED) is 0.284. The number of hydrogen-bond donors (Lipinski definition) is 0. The summed E-state index contributed by atoms with van der Waals surface area (Å²) in [5.41, 5.74) is 0. The van der Waals surface area contributed by atoms with Gasteiger partial charge in [-0.1, -0.05) is 0 Å². The molecule has 4 heavy (non-hydrogen) atoms. The Bertz CT molecular complexity index is 58.3.